The Morgan fingerprint density at radius 3 is 2.46 bits per heavy atom. The van der Waals surface area contributed by atoms with Crippen molar-refractivity contribution in [3.8, 4) is 11.1 Å². The first-order chi connectivity index (χ1) is 13.5. The van der Waals surface area contributed by atoms with Crippen LogP contribution in [-0.2, 0) is 0 Å². The van der Waals surface area contributed by atoms with E-state index < -0.39 is 5.91 Å². The fourth-order valence-corrected chi connectivity index (χ4v) is 4.19. The number of benzene rings is 3. The lowest BCUT2D eigenvalue weighted by Crippen LogP contribution is -2.12. The van der Waals surface area contributed by atoms with Gasteiger partial charge in [-0.1, -0.05) is 59.6 Å². The minimum Gasteiger partial charge on any atom is -0.364 e. The average molecular weight is 428 g/mol. The molecule has 7 heteroatoms. The SMILES string of the molecule is NC(=O)c1[nH]c2ccccc2c1-c1ccc(NSc2cccc(Cl)c2Cl)cc1. The number of primary amides is 1. The predicted molar refractivity (Wildman–Crippen MR) is 118 cm³/mol. The van der Waals surface area contributed by atoms with Crippen molar-refractivity contribution in [3.05, 3.63) is 82.5 Å². The monoisotopic (exact) mass is 427 g/mol. The van der Waals surface area contributed by atoms with Crippen LogP contribution in [0.15, 0.2) is 71.6 Å². The molecule has 0 aliphatic rings. The Morgan fingerprint density at radius 2 is 1.71 bits per heavy atom. The second-order valence-corrected chi connectivity index (χ2v) is 7.75. The molecule has 4 rings (SSSR count). The van der Waals surface area contributed by atoms with E-state index >= 15 is 0 Å². The van der Waals surface area contributed by atoms with Crippen LogP contribution in [0.4, 0.5) is 5.69 Å². The molecule has 3 aromatic carbocycles. The van der Waals surface area contributed by atoms with Crippen molar-refractivity contribution in [2.24, 2.45) is 5.73 Å². The summed E-state index contributed by atoms with van der Waals surface area (Å²) >= 11 is 13.6. The van der Waals surface area contributed by atoms with Gasteiger partial charge in [-0.25, -0.2) is 0 Å². The highest BCUT2D eigenvalue weighted by atomic mass is 35.5. The number of para-hydroxylation sites is 1. The van der Waals surface area contributed by atoms with Crippen LogP contribution in [0.3, 0.4) is 0 Å². The molecule has 0 aliphatic carbocycles. The van der Waals surface area contributed by atoms with Crippen LogP contribution in [-0.4, -0.2) is 10.9 Å². The number of aromatic nitrogens is 1. The number of halogens is 2. The van der Waals surface area contributed by atoms with Crippen LogP contribution >= 0.6 is 35.1 Å². The molecule has 140 valence electrons. The third kappa shape index (κ3) is 3.56. The van der Waals surface area contributed by atoms with Gasteiger partial charge >= 0.3 is 0 Å². The minimum atomic E-state index is -0.487. The van der Waals surface area contributed by atoms with E-state index in [0.717, 1.165) is 32.6 Å². The molecule has 0 saturated heterocycles. The third-order valence-corrected chi connectivity index (χ3v) is 6.15. The van der Waals surface area contributed by atoms with Crippen molar-refractivity contribution in [2.75, 3.05) is 4.72 Å². The summed E-state index contributed by atoms with van der Waals surface area (Å²) in [5, 5.41) is 1.99. The summed E-state index contributed by atoms with van der Waals surface area (Å²) in [5.41, 5.74) is 9.46. The quantitative estimate of drug-likeness (QED) is 0.324. The number of fused-ring (bicyclic) bond motifs is 1. The molecule has 0 atom stereocenters. The normalized spacial score (nSPS) is 10.9. The number of carbonyl (C=O) groups is 1. The Bertz CT molecular complexity index is 1170. The van der Waals surface area contributed by atoms with Crippen LogP contribution in [0.5, 0.6) is 0 Å². The summed E-state index contributed by atoms with van der Waals surface area (Å²) in [6.07, 6.45) is 0. The van der Waals surface area contributed by atoms with E-state index in [4.69, 9.17) is 28.9 Å². The lowest BCUT2D eigenvalue weighted by atomic mass is 10.0. The molecular weight excluding hydrogens is 413 g/mol. The smallest absolute Gasteiger partial charge is 0.265 e. The Balaban J connectivity index is 1.62. The molecule has 4 N–H and O–H groups in total. The van der Waals surface area contributed by atoms with Crippen molar-refractivity contribution >= 4 is 57.6 Å². The fourth-order valence-electron chi connectivity index (χ4n) is 3.01. The Kier molecular flexibility index (Phi) is 5.22. The second kappa shape index (κ2) is 7.80. The maximum atomic E-state index is 11.9. The molecule has 0 spiro atoms. The maximum Gasteiger partial charge on any atom is 0.265 e. The standard InChI is InChI=1S/C21H15Cl2N3OS/c22-15-5-3-7-17(19(15)23)28-26-13-10-8-12(9-11-13)18-14-4-1-2-6-16(14)25-20(18)21(24)27/h1-11,25-26H,(H2,24,27). The van der Waals surface area contributed by atoms with Gasteiger partial charge in [0.1, 0.15) is 5.69 Å². The van der Waals surface area contributed by atoms with E-state index in [-0.39, 0.29) is 0 Å². The number of carbonyl (C=O) groups excluding carboxylic acids is 1. The third-order valence-electron chi connectivity index (χ3n) is 4.32. The second-order valence-electron chi connectivity index (χ2n) is 6.12. The topological polar surface area (TPSA) is 70.9 Å². The summed E-state index contributed by atoms with van der Waals surface area (Å²) in [6.45, 7) is 0. The van der Waals surface area contributed by atoms with E-state index in [9.17, 15) is 4.79 Å². The molecule has 1 heterocycles. The number of hydrogen-bond acceptors (Lipinski definition) is 3. The highest BCUT2D eigenvalue weighted by molar-refractivity contribution is 8.00. The van der Waals surface area contributed by atoms with Crippen LogP contribution < -0.4 is 10.5 Å². The molecule has 1 amide bonds. The van der Waals surface area contributed by atoms with Gasteiger partial charge in [0, 0.05) is 27.0 Å². The first kappa shape index (κ1) is 18.7. The van der Waals surface area contributed by atoms with Gasteiger partial charge in [-0.2, -0.15) is 0 Å². The lowest BCUT2D eigenvalue weighted by molar-refractivity contribution is 0.0997. The molecule has 0 bridgehead atoms. The van der Waals surface area contributed by atoms with Gasteiger partial charge in [0.15, 0.2) is 0 Å². The van der Waals surface area contributed by atoms with Crippen LogP contribution in [0.1, 0.15) is 10.5 Å². The van der Waals surface area contributed by atoms with Crippen LogP contribution in [0.2, 0.25) is 10.0 Å². The van der Waals surface area contributed by atoms with Gasteiger partial charge in [0.2, 0.25) is 0 Å². The Hall–Kier alpha value is -2.60. The molecule has 0 aliphatic heterocycles. The summed E-state index contributed by atoms with van der Waals surface area (Å²) in [4.78, 5) is 15.9. The zero-order valence-corrected chi connectivity index (χ0v) is 16.8. The number of nitrogens with two attached hydrogens (primary N) is 1. The summed E-state index contributed by atoms with van der Waals surface area (Å²) in [6, 6.07) is 21.0. The number of nitrogens with one attached hydrogen (secondary N) is 2. The Labute approximate surface area is 176 Å². The van der Waals surface area contributed by atoms with Gasteiger partial charge in [-0.05, 0) is 47.8 Å². The van der Waals surface area contributed by atoms with Gasteiger partial charge in [-0.15, -0.1) is 0 Å². The van der Waals surface area contributed by atoms with Gasteiger partial charge in [0.05, 0.1) is 10.0 Å². The molecule has 0 fully saturated rings. The zero-order valence-electron chi connectivity index (χ0n) is 14.5. The molecule has 28 heavy (non-hydrogen) atoms. The van der Waals surface area contributed by atoms with Crippen molar-refractivity contribution < 1.29 is 4.79 Å². The molecule has 0 saturated carbocycles. The number of anilines is 1. The molecule has 1 aromatic heterocycles. The predicted octanol–water partition coefficient (Wildman–Crippen LogP) is 6.36. The zero-order chi connectivity index (χ0) is 19.7. The first-order valence-corrected chi connectivity index (χ1v) is 9.99. The van der Waals surface area contributed by atoms with Gasteiger partial charge in [0.25, 0.3) is 5.91 Å². The minimum absolute atomic E-state index is 0.405. The molecule has 4 nitrogen and oxygen atoms in total. The summed E-state index contributed by atoms with van der Waals surface area (Å²) in [7, 11) is 0. The highest BCUT2D eigenvalue weighted by Gasteiger charge is 2.17. The van der Waals surface area contributed by atoms with Crippen LogP contribution in [0, 0.1) is 0 Å². The number of rotatable bonds is 5. The number of amides is 1. The maximum absolute atomic E-state index is 11.9. The van der Waals surface area contributed by atoms with Gasteiger partial charge in [-0.3, -0.25) is 4.79 Å². The molecule has 0 radical (unpaired) electrons. The largest absolute Gasteiger partial charge is 0.364 e. The molecular formula is C21H15Cl2N3OS. The van der Waals surface area contributed by atoms with E-state index in [1.807, 2.05) is 60.7 Å². The first-order valence-electron chi connectivity index (χ1n) is 8.42. The van der Waals surface area contributed by atoms with Crippen molar-refractivity contribution in [2.45, 2.75) is 4.90 Å². The number of H-pyrrole nitrogens is 1. The number of aromatic amines is 1. The Morgan fingerprint density at radius 1 is 0.964 bits per heavy atom. The van der Waals surface area contributed by atoms with E-state index in [2.05, 4.69) is 9.71 Å². The highest BCUT2D eigenvalue weighted by Crippen LogP contribution is 2.35. The van der Waals surface area contributed by atoms with Crippen LogP contribution in [0.25, 0.3) is 22.0 Å². The molecule has 0 unspecified atom stereocenters. The van der Waals surface area contributed by atoms with E-state index in [0.29, 0.717) is 15.7 Å². The number of hydrogen-bond donors (Lipinski definition) is 3. The average Bonchev–Trinajstić information content (AvgIpc) is 3.09. The molecule has 4 aromatic rings. The van der Waals surface area contributed by atoms with E-state index in [1.165, 1.54) is 11.9 Å². The van der Waals surface area contributed by atoms with Crippen molar-refractivity contribution in [1.29, 1.82) is 0 Å². The summed E-state index contributed by atoms with van der Waals surface area (Å²) < 4.78 is 3.25. The van der Waals surface area contributed by atoms with Crippen molar-refractivity contribution in [3.63, 3.8) is 0 Å². The van der Waals surface area contributed by atoms with E-state index in [1.54, 1.807) is 6.07 Å². The lowest BCUT2D eigenvalue weighted by Gasteiger charge is -2.09. The van der Waals surface area contributed by atoms with Gasteiger partial charge < -0.3 is 15.4 Å². The summed E-state index contributed by atoms with van der Waals surface area (Å²) in [5.74, 6) is -0.487. The van der Waals surface area contributed by atoms with Crippen molar-refractivity contribution in [1.82, 2.24) is 4.98 Å². The fraction of sp³-hybridized carbons (Fsp3) is 0.